The first-order valence-electron chi connectivity index (χ1n) is 7.14. The Morgan fingerprint density at radius 1 is 1.50 bits per heavy atom. The van der Waals surface area contributed by atoms with Gasteiger partial charge < -0.3 is 14.8 Å². The van der Waals surface area contributed by atoms with E-state index in [9.17, 15) is 0 Å². The van der Waals surface area contributed by atoms with E-state index in [2.05, 4.69) is 30.5 Å². The summed E-state index contributed by atoms with van der Waals surface area (Å²) in [5.74, 6) is 1.88. The molecule has 22 heavy (non-hydrogen) atoms. The van der Waals surface area contributed by atoms with Gasteiger partial charge in [0.1, 0.15) is 17.5 Å². The van der Waals surface area contributed by atoms with Crippen LogP contribution in [0.15, 0.2) is 12.5 Å². The van der Waals surface area contributed by atoms with Crippen molar-refractivity contribution in [2.45, 2.75) is 19.4 Å². The van der Waals surface area contributed by atoms with E-state index in [0.29, 0.717) is 36.6 Å². The van der Waals surface area contributed by atoms with Crippen LogP contribution < -0.4 is 10.1 Å². The zero-order valence-corrected chi connectivity index (χ0v) is 12.9. The van der Waals surface area contributed by atoms with E-state index in [1.54, 1.807) is 0 Å². The van der Waals surface area contributed by atoms with Crippen LogP contribution in [-0.2, 0) is 4.74 Å². The Hall–Kier alpha value is -1.93. The Labute approximate surface area is 132 Å². The Balaban J connectivity index is 1.63. The lowest BCUT2D eigenvalue weighted by Gasteiger charge is -2.17. The topological polar surface area (TPSA) is 97.8 Å². The fourth-order valence-electron chi connectivity index (χ4n) is 2.39. The molecule has 118 valence electrons. The smallest absolute Gasteiger partial charge is 0.237 e. The Bertz CT molecular complexity index is 609. The van der Waals surface area contributed by atoms with Gasteiger partial charge in [-0.2, -0.15) is 10.1 Å². The maximum absolute atomic E-state index is 5.98. The van der Waals surface area contributed by atoms with Crippen LogP contribution in [0.1, 0.15) is 25.3 Å². The molecule has 1 aliphatic heterocycles. The number of aromatic nitrogens is 5. The Morgan fingerprint density at radius 2 is 2.41 bits per heavy atom. The summed E-state index contributed by atoms with van der Waals surface area (Å²) in [6.45, 7) is 3.74. The minimum Gasteiger partial charge on any atom is -0.477 e. The van der Waals surface area contributed by atoms with E-state index in [1.807, 2.05) is 6.92 Å². The van der Waals surface area contributed by atoms with Gasteiger partial charge in [0.2, 0.25) is 11.8 Å². The molecule has 0 radical (unpaired) electrons. The van der Waals surface area contributed by atoms with Crippen LogP contribution in [0, 0.1) is 5.92 Å². The van der Waals surface area contributed by atoms with Crippen molar-refractivity contribution < 1.29 is 9.47 Å². The van der Waals surface area contributed by atoms with Gasteiger partial charge in [-0.15, -0.1) is 0 Å². The summed E-state index contributed by atoms with van der Waals surface area (Å²) >= 11 is 5.98. The van der Waals surface area contributed by atoms with Gasteiger partial charge in [0.25, 0.3) is 0 Å². The van der Waals surface area contributed by atoms with Gasteiger partial charge in [0.05, 0.1) is 12.8 Å². The van der Waals surface area contributed by atoms with Crippen LogP contribution in [0.3, 0.4) is 0 Å². The molecular formula is C13H17ClN6O2. The van der Waals surface area contributed by atoms with Crippen molar-refractivity contribution in [3.63, 3.8) is 0 Å². The number of aromatic amines is 1. The van der Waals surface area contributed by atoms with Crippen molar-refractivity contribution in [1.29, 1.82) is 0 Å². The second-order valence-corrected chi connectivity index (χ2v) is 5.28. The standard InChI is InChI=1S/C13H17ClN6O2/c1-2-21-12-9(14)6-16-13(19-12)15-5-8-3-4-22-10(8)11-17-7-18-20-11/h6-8,10H,2-5H2,1H3,(H,15,16,19)(H,17,18,20)/t8-,10-/m0/s1. The molecule has 3 heterocycles. The third-order valence-electron chi connectivity index (χ3n) is 3.43. The first-order valence-corrected chi connectivity index (χ1v) is 7.51. The second kappa shape index (κ2) is 6.89. The van der Waals surface area contributed by atoms with Crippen molar-refractivity contribution in [1.82, 2.24) is 25.1 Å². The van der Waals surface area contributed by atoms with Crippen molar-refractivity contribution in [3.8, 4) is 5.88 Å². The molecule has 0 aliphatic carbocycles. The molecule has 1 fully saturated rings. The van der Waals surface area contributed by atoms with Crippen LogP contribution in [0.4, 0.5) is 5.95 Å². The molecule has 0 spiro atoms. The number of hydrogen-bond acceptors (Lipinski definition) is 7. The third kappa shape index (κ3) is 3.28. The molecule has 2 aromatic heterocycles. The van der Waals surface area contributed by atoms with Crippen molar-refractivity contribution in [3.05, 3.63) is 23.4 Å². The summed E-state index contributed by atoms with van der Waals surface area (Å²) < 4.78 is 11.1. The predicted octanol–water partition coefficient (Wildman–Crippen LogP) is 1.84. The Kier molecular flexibility index (Phi) is 4.69. The van der Waals surface area contributed by atoms with Gasteiger partial charge in [-0.1, -0.05) is 11.6 Å². The number of rotatable bonds is 6. The normalized spacial score (nSPS) is 21.0. The number of anilines is 1. The van der Waals surface area contributed by atoms with Crippen molar-refractivity contribution in [2.24, 2.45) is 5.92 Å². The second-order valence-electron chi connectivity index (χ2n) is 4.87. The molecule has 3 rings (SSSR count). The number of nitrogens with one attached hydrogen (secondary N) is 2. The van der Waals surface area contributed by atoms with Gasteiger partial charge in [0.15, 0.2) is 5.82 Å². The largest absolute Gasteiger partial charge is 0.477 e. The molecule has 2 N–H and O–H groups in total. The number of ether oxygens (including phenoxy) is 2. The average Bonchev–Trinajstić information content (AvgIpc) is 3.18. The number of nitrogens with zero attached hydrogens (tertiary/aromatic N) is 4. The third-order valence-corrected chi connectivity index (χ3v) is 3.69. The van der Waals surface area contributed by atoms with Crippen LogP contribution in [0.25, 0.3) is 0 Å². The molecule has 2 aromatic rings. The molecule has 0 bridgehead atoms. The Morgan fingerprint density at radius 3 is 3.18 bits per heavy atom. The zero-order chi connectivity index (χ0) is 15.4. The first-order chi connectivity index (χ1) is 10.8. The molecule has 0 saturated carbocycles. The highest BCUT2D eigenvalue weighted by atomic mass is 35.5. The zero-order valence-electron chi connectivity index (χ0n) is 12.1. The molecule has 1 aliphatic rings. The molecule has 8 nitrogen and oxygen atoms in total. The molecule has 0 aromatic carbocycles. The van der Waals surface area contributed by atoms with E-state index < -0.39 is 0 Å². The predicted molar refractivity (Wildman–Crippen MR) is 79.9 cm³/mol. The molecule has 1 saturated heterocycles. The summed E-state index contributed by atoms with van der Waals surface area (Å²) in [5.41, 5.74) is 0. The summed E-state index contributed by atoms with van der Waals surface area (Å²) in [7, 11) is 0. The van der Waals surface area contributed by atoms with Crippen LogP contribution in [0.2, 0.25) is 5.02 Å². The summed E-state index contributed by atoms with van der Waals surface area (Å²) in [6, 6.07) is 0. The van der Waals surface area contributed by atoms with E-state index in [1.165, 1.54) is 12.5 Å². The molecule has 0 amide bonds. The number of hydrogen-bond donors (Lipinski definition) is 2. The fourth-order valence-corrected chi connectivity index (χ4v) is 2.54. The SMILES string of the molecule is CCOc1nc(NC[C@@H]2CCO[C@@H]2c2ncn[nH]2)ncc1Cl. The van der Waals surface area contributed by atoms with Crippen LogP contribution in [0.5, 0.6) is 5.88 Å². The molecule has 0 unspecified atom stereocenters. The maximum Gasteiger partial charge on any atom is 0.237 e. The summed E-state index contributed by atoms with van der Waals surface area (Å²) in [5, 5.41) is 10.3. The lowest BCUT2D eigenvalue weighted by Crippen LogP contribution is -2.20. The van der Waals surface area contributed by atoms with Crippen LogP contribution in [-0.4, -0.2) is 44.9 Å². The summed E-state index contributed by atoms with van der Waals surface area (Å²) in [4.78, 5) is 12.6. The highest BCUT2D eigenvalue weighted by molar-refractivity contribution is 6.31. The molecular weight excluding hydrogens is 308 g/mol. The lowest BCUT2D eigenvalue weighted by molar-refractivity contribution is 0.0864. The van der Waals surface area contributed by atoms with Gasteiger partial charge >= 0.3 is 0 Å². The van der Waals surface area contributed by atoms with E-state index in [0.717, 1.165) is 12.2 Å². The maximum atomic E-state index is 5.98. The van der Waals surface area contributed by atoms with Gasteiger partial charge in [-0.25, -0.2) is 9.97 Å². The van der Waals surface area contributed by atoms with Crippen molar-refractivity contribution >= 4 is 17.5 Å². The van der Waals surface area contributed by atoms with E-state index >= 15 is 0 Å². The van der Waals surface area contributed by atoms with Crippen LogP contribution >= 0.6 is 11.6 Å². The minimum atomic E-state index is -0.0892. The first kappa shape index (κ1) is 15.0. The summed E-state index contributed by atoms with van der Waals surface area (Å²) in [6.07, 6.45) is 3.86. The van der Waals surface area contributed by atoms with Gasteiger partial charge in [-0.3, -0.25) is 5.10 Å². The lowest BCUT2D eigenvalue weighted by atomic mass is 10.0. The fraction of sp³-hybridized carbons (Fsp3) is 0.538. The van der Waals surface area contributed by atoms with Gasteiger partial charge in [-0.05, 0) is 13.3 Å². The molecule has 9 heteroatoms. The minimum absolute atomic E-state index is 0.0892. The molecule has 2 atom stereocenters. The average molecular weight is 325 g/mol. The van der Waals surface area contributed by atoms with Gasteiger partial charge in [0, 0.05) is 19.1 Å². The number of H-pyrrole nitrogens is 1. The highest BCUT2D eigenvalue weighted by Crippen LogP contribution is 2.32. The van der Waals surface area contributed by atoms with Crippen molar-refractivity contribution in [2.75, 3.05) is 25.1 Å². The van der Waals surface area contributed by atoms with E-state index in [-0.39, 0.29) is 12.0 Å². The quantitative estimate of drug-likeness (QED) is 0.836. The monoisotopic (exact) mass is 324 g/mol. The number of halogens is 1. The van der Waals surface area contributed by atoms with E-state index in [4.69, 9.17) is 21.1 Å². The highest BCUT2D eigenvalue weighted by Gasteiger charge is 2.31.